The minimum absolute atomic E-state index is 0.262. The van der Waals surface area contributed by atoms with Gasteiger partial charge < -0.3 is 9.67 Å². The van der Waals surface area contributed by atoms with Crippen LogP contribution in [0.5, 0.6) is 0 Å². The molecule has 0 saturated heterocycles. The van der Waals surface area contributed by atoms with E-state index in [-0.39, 0.29) is 3.57 Å². The molecule has 96 valence electrons. The summed E-state index contributed by atoms with van der Waals surface area (Å²) in [6.07, 6.45) is -4.79. The maximum absolute atomic E-state index is 12.7. The standard InChI is InChI=1S/C8H5F5INO2/c9-7(10,8(11,12)13)3-15-2-4(14)1-5(15)6(16)17/h1-2H,3H2,(H,16,17). The number of alkyl halides is 5. The predicted molar refractivity (Wildman–Crippen MR) is 55.1 cm³/mol. The average Bonchev–Trinajstić information content (AvgIpc) is 2.43. The van der Waals surface area contributed by atoms with Crippen LogP contribution in [0.2, 0.25) is 0 Å². The first-order chi connectivity index (χ1) is 7.54. The van der Waals surface area contributed by atoms with Crippen LogP contribution in [0.4, 0.5) is 22.0 Å². The third kappa shape index (κ3) is 3.07. The normalized spacial score (nSPS) is 12.8. The van der Waals surface area contributed by atoms with Crippen molar-refractivity contribution in [2.24, 2.45) is 0 Å². The Balaban J connectivity index is 3.07. The van der Waals surface area contributed by atoms with E-state index >= 15 is 0 Å². The smallest absolute Gasteiger partial charge is 0.455 e. The van der Waals surface area contributed by atoms with Gasteiger partial charge in [0.25, 0.3) is 0 Å². The average molecular weight is 369 g/mol. The van der Waals surface area contributed by atoms with Gasteiger partial charge >= 0.3 is 18.1 Å². The minimum atomic E-state index is -5.71. The summed E-state index contributed by atoms with van der Waals surface area (Å²) >= 11 is 1.62. The topological polar surface area (TPSA) is 42.2 Å². The summed E-state index contributed by atoms with van der Waals surface area (Å²) in [7, 11) is 0. The fraction of sp³-hybridized carbons (Fsp3) is 0.375. The molecule has 17 heavy (non-hydrogen) atoms. The lowest BCUT2D eigenvalue weighted by atomic mass is 10.3. The molecule has 9 heteroatoms. The quantitative estimate of drug-likeness (QED) is 0.658. The van der Waals surface area contributed by atoms with Gasteiger partial charge in [-0.15, -0.1) is 0 Å². The zero-order valence-corrected chi connectivity index (χ0v) is 10.1. The zero-order valence-electron chi connectivity index (χ0n) is 7.93. The molecule has 1 aromatic heterocycles. The van der Waals surface area contributed by atoms with Crippen molar-refractivity contribution in [3.63, 3.8) is 0 Å². The maximum atomic E-state index is 12.7. The second-order valence-electron chi connectivity index (χ2n) is 3.18. The van der Waals surface area contributed by atoms with Gasteiger partial charge in [-0.25, -0.2) is 4.79 Å². The first-order valence-electron chi connectivity index (χ1n) is 4.08. The Bertz CT molecular complexity index is 440. The van der Waals surface area contributed by atoms with Gasteiger partial charge in [-0.3, -0.25) is 0 Å². The molecule has 0 aliphatic carbocycles. The number of carbonyl (C=O) groups is 1. The van der Waals surface area contributed by atoms with E-state index in [1.54, 1.807) is 22.6 Å². The van der Waals surface area contributed by atoms with Crippen molar-refractivity contribution < 1.29 is 31.9 Å². The predicted octanol–water partition coefficient (Wildman–Crippen LogP) is 2.99. The van der Waals surface area contributed by atoms with E-state index < -0.39 is 30.3 Å². The lowest BCUT2D eigenvalue weighted by Gasteiger charge is -2.20. The second kappa shape index (κ2) is 4.42. The molecular formula is C8H5F5INO2. The molecule has 1 rings (SSSR count). The van der Waals surface area contributed by atoms with Gasteiger partial charge in [-0.05, 0) is 28.7 Å². The first-order valence-corrected chi connectivity index (χ1v) is 5.16. The molecule has 1 aromatic rings. The maximum Gasteiger partial charge on any atom is 0.455 e. The van der Waals surface area contributed by atoms with Crippen LogP contribution in [0.3, 0.4) is 0 Å². The fourth-order valence-corrected chi connectivity index (χ4v) is 1.72. The third-order valence-corrected chi connectivity index (χ3v) is 2.46. The number of hydrogen-bond donors (Lipinski definition) is 1. The molecular weight excluding hydrogens is 364 g/mol. The summed E-state index contributed by atoms with van der Waals surface area (Å²) in [6.45, 7) is -1.75. The van der Waals surface area contributed by atoms with Crippen molar-refractivity contribution in [1.82, 2.24) is 4.57 Å². The number of carboxylic acids is 1. The van der Waals surface area contributed by atoms with Gasteiger partial charge in [0.1, 0.15) is 5.69 Å². The highest BCUT2D eigenvalue weighted by Gasteiger charge is 2.57. The van der Waals surface area contributed by atoms with Crippen LogP contribution < -0.4 is 0 Å². The molecule has 0 aliphatic rings. The monoisotopic (exact) mass is 369 g/mol. The van der Waals surface area contributed by atoms with E-state index in [1.165, 1.54) is 0 Å². The largest absolute Gasteiger partial charge is 0.477 e. The summed E-state index contributed by atoms with van der Waals surface area (Å²) in [5.41, 5.74) is -0.613. The molecule has 0 spiro atoms. The Morgan fingerprint density at radius 1 is 1.35 bits per heavy atom. The number of rotatable bonds is 3. The molecule has 0 amide bonds. The van der Waals surface area contributed by atoms with Gasteiger partial charge in [-0.2, -0.15) is 22.0 Å². The third-order valence-electron chi connectivity index (χ3n) is 1.87. The van der Waals surface area contributed by atoms with Crippen molar-refractivity contribution in [3.8, 4) is 0 Å². The van der Waals surface area contributed by atoms with Crippen molar-refractivity contribution in [1.29, 1.82) is 0 Å². The van der Waals surface area contributed by atoms with Gasteiger partial charge in [0.15, 0.2) is 0 Å². The molecule has 0 atom stereocenters. The van der Waals surface area contributed by atoms with Crippen molar-refractivity contribution in [2.75, 3.05) is 0 Å². The van der Waals surface area contributed by atoms with Crippen molar-refractivity contribution in [2.45, 2.75) is 18.6 Å². The lowest BCUT2D eigenvalue weighted by Crippen LogP contribution is -2.40. The van der Waals surface area contributed by atoms with E-state index in [1.807, 2.05) is 0 Å². The zero-order chi connectivity index (χ0) is 13.4. The van der Waals surface area contributed by atoms with Gasteiger partial charge in [0, 0.05) is 9.77 Å². The Hall–Kier alpha value is -0.870. The van der Waals surface area contributed by atoms with E-state index in [0.717, 1.165) is 12.3 Å². The van der Waals surface area contributed by atoms with Crippen LogP contribution in [0.1, 0.15) is 10.5 Å². The van der Waals surface area contributed by atoms with Gasteiger partial charge in [0.2, 0.25) is 0 Å². The SMILES string of the molecule is O=C(O)c1cc(I)cn1CC(F)(F)C(F)(F)F. The fourth-order valence-electron chi connectivity index (χ4n) is 1.09. The molecule has 0 saturated carbocycles. The van der Waals surface area contributed by atoms with Crippen LogP contribution in [0.15, 0.2) is 12.3 Å². The summed E-state index contributed by atoms with van der Waals surface area (Å²) in [4.78, 5) is 10.6. The van der Waals surface area contributed by atoms with E-state index in [2.05, 4.69) is 0 Å². The number of aromatic nitrogens is 1. The number of hydrogen-bond acceptors (Lipinski definition) is 1. The minimum Gasteiger partial charge on any atom is -0.477 e. The van der Waals surface area contributed by atoms with Crippen LogP contribution in [-0.4, -0.2) is 27.7 Å². The van der Waals surface area contributed by atoms with Crippen molar-refractivity contribution in [3.05, 3.63) is 21.5 Å². The second-order valence-corrected chi connectivity index (χ2v) is 4.42. The molecule has 0 bridgehead atoms. The lowest BCUT2D eigenvalue weighted by molar-refractivity contribution is -0.286. The summed E-state index contributed by atoms with van der Waals surface area (Å²) in [5, 5.41) is 8.63. The highest BCUT2D eigenvalue weighted by molar-refractivity contribution is 14.1. The summed E-state index contributed by atoms with van der Waals surface area (Å²) in [6, 6.07) is 1.01. The van der Waals surface area contributed by atoms with E-state index in [9.17, 15) is 26.7 Å². The molecule has 1 heterocycles. The van der Waals surface area contributed by atoms with Gasteiger partial charge in [-0.1, -0.05) is 0 Å². The highest BCUT2D eigenvalue weighted by atomic mass is 127. The Morgan fingerprint density at radius 2 is 1.88 bits per heavy atom. The first kappa shape index (κ1) is 14.2. The molecule has 0 fully saturated rings. The Labute approximate surface area is 105 Å². The molecule has 3 nitrogen and oxygen atoms in total. The Morgan fingerprint density at radius 3 is 2.29 bits per heavy atom. The summed E-state index contributed by atoms with van der Waals surface area (Å²) < 4.78 is 61.9. The van der Waals surface area contributed by atoms with E-state index in [0.29, 0.717) is 4.57 Å². The Kier molecular flexibility index (Phi) is 3.69. The highest BCUT2D eigenvalue weighted by Crippen LogP contribution is 2.37. The molecule has 0 aromatic carbocycles. The number of nitrogens with zero attached hydrogens (tertiary/aromatic N) is 1. The number of carboxylic acid groups (broad SMARTS) is 1. The van der Waals surface area contributed by atoms with Crippen LogP contribution in [0, 0.1) is 3.57 Å². The van der Waals surface area contributed by atoms with Crippen LogP contribution >= 0.6 is 22.6 Å². The summed E-state index contributed by atoms with van der Waals surface area (Å²) in [5.74, 6) is -6.54. The molecule has 0 radical (unpaired) electrons. The van der Waals surface area contributed by atoms with Gasteiger partial charge in [0.05, 0.1) is 6.54 Å². The molecule has 0 aliphatic heterocycles. The van der Waals surface area contributed by atoms with Crippen molar-refractivity contribution >= 4 is 28.6 Å². The van der Waals surface area contributed by atoms with E-state index in [4.69, 9.17) is 5.11 Å². The number of aromatic carboxylic acids is 1. The molecule has 0 unspecified atom stereocenters. The van der Waals surface area contributed by atoms with Crippen LogP contribution in [0.25, 0.3) is 0 Å². The number of halogens is 6. The van der Waals surface area contributed by atoms with Crippen LogP contribution in [-0.2, 0) is 6.54 Å². The molecule has 1 N–H and O–H groups in total.